The molecule has 0 heterocycles. The smallest absolute Gasteiger partial charge is 0.270 e. The molecule has 0 radical (unpaired) electrons. The lowest BCUT2D eigenvalue weighted by atomic mass is 10.2. The molecule has 2 N–H and O–H groups in total. The fourth-order valence-electron chi connectivity index (χ4n) is 2.67. The molecule has 0 unspecified atom stereocenters. The van der Waals surface area contributed by atoms with Crippen LogP contribution in [0.5, 0.6) is 5.75 Å². The minimum atomic E-state index is -4.24. The number of nitrogens with zero attached hydrogens (tertiary/aromatic N) is 3. The Morgan fingerprint density at radius 3 is 2.09 bits per heavy atom. The van der Waals surface area contributed by atoms with Crippen LogP contribution in [0.25, 0.3) is 0 Å². The number of non-ortho nitro benzene ring substituents is 2. The lowest BCUT2D eigenvalue weighted by molar-refractivity contribution is -0.385. The number of rotatable bonds is 9. The van der Waals surface area contributed by atoms with Gasteiger partial charge in [-0.3, -0.25) is 30.4 Å². The summed E-state index contributed by atoms with van der Waals surface area (Å²) in [4.78, 5) is 20.3. The monoisotopic (exact) mass is 471 g/mol. The molecule has 0 spiro atoms. The van der Waals surface area contributed by atoms with E-state index in [2.05, 4.69) is 15.2 Å². The quantitative estimate of drug-likeness (QED) is 0.270. The first-order valence-corrected chi connectivity index (χ1v) is 10.7. The lowest BCUT2D eigenvalue weighted by Gasteiger charge is -2.12. The number of anilines is 2. The highest BCUT2D eigenvalue weighted by molar-refractivity contribution is 7.92. The van der Waals surface area contributed by atoms with Crippen LogP contribution in [0.1, 0.15) is 5.56 Å². The van der Waals surface area contributed by atoms with Gasteiger partial charge in [-0.1, -0.05) is 0 Å². The molecule has 170 valence electrons. The van der Waals surface area contributed by atoms with Crippen LogP contribution in [0, 0.1) is 20.2 Å². The molecule has 0 saturated heterocycles. The van der Waals surface area contributed by atoms with E-state index in [9.17, 15) is 28.6 Å². The van der Waals surface area contributed by atoms with Crippen molar-refractivity contribution in [2.45, 2.75) is 4.90 Å². The Hall–Kier alpha value is -4.52. The highest BCUT2D eigenvalue weighted by atomic mass is 32.2. The standard InChI is InChI=1S/C20H17N5O7S/c1-32-18-9-4-15(5-10-18)23-33(30,31)20-12-17(25(28)29)8-11-19(20)22-21-13-14-2-6-16(7-3-14)24(26)27/h2-13,22-23H,1H3. The minimum absolute atomic E-state index is 0.0141. The average molecular weight is 471 g/mol. The van der Waals surface area contributed by atoms with Crippen LogP contribution in [0.4, 0.5) is 22.7 Å². The number of sulfonamides is 1. The van der Waals surface area contributed by atoms with Gasteiger partial charge in [0, 0.05) is 30.0 Å². The molecule has 0 atom stereocenters. The number of ether oxygens (including phenoxy) is 1. The Labute approximate surface area is 187 Å². The summed E-state index contributed by atoms with van der Waals surface area (Å²) in [5, 5.41) is 25.8. The van der Waals surface area contributed by atoms with Gasteiger partial charge < -0.3 is 4.74 Å². The summed E-state index contributed by atoms with van der Waals surface area (Å²) in [5.74, 6) is 0.524. The Kier molecular flexibility index (Phi) is 6.83. The van der Waals surface area contributed by atoms with Crippen LogP contribution in [-0.4, -0.2) is 31.6 Å². The van der Waals surface area contributed by atoms with Crippen molar-refractivity contribution in [3.63, 3.8) is 0 Å². The van der Waals surface area contributed by atoms with E-state index in [1.165, 1.54) is 55.8 Å². The summed E-state index contributed by atoms with van der Waals surface area (Å²) in [6.45, 7) is 0. The first-order valence-electron chi connectivity index (χ1n) is 9.18. The molecule has 3 aromatic rings. The van der Waals surface area contributed by atoms with E-state index >= 15 is 0 Å². The number of nitro benzene ring substituents is 2. The summed E-state index contributed by atoms with van der Waals surface area (Å²) < 4.78 is 33.3. The molecule has 0 fully saturated rings. The van der Waals surface area contributed by atoms with E-state index in [4.69, 9.17) is 4.74 Å². The molecule has 0 aliphatic rings. The largest absolute Gasteiger partial charge is 0.497 e. The molecule has 0 saturated carbocycles. The van der Waals surface area contributed by atoms with Gasteiger partial charge in [0.15, 0.2) is 0 Å². The summed E-state index contributed by atoms with van der Waals surface area (Å²) in [7, 11) is -2.77. The van der Waals surface area contributed by atoms with Gasteiger partial charge in [0.2, 0.25) is 0 Å². The second-order valence-corrected chi connectivity index (χ2v) is 8.14. The first-order chi connectivity index (χ1) is 15.7. The molecule has 3 aromatic carbocycles. The predicted molar refractivity (Wildman–Crippen MR) is 121 cm³/mol. The molecule has 0 aliphatic heterocycles. The second-order valence-electron chi connectivity index (χ2n) is 6.49. The highest BCUT2D eigenvalue weighted by Crippen LogP contribution is 2.29. The Bertz CT molecular complexity index is 1310. The SMILES string of the molecule is COc1ccc(NS(=O)(=O)c2cc([N+](=O)[O-])ccc2NN=Cc2ccc([N+](=O)[O-])cc2)cc1. The molecule has 0 amide bonds. The predicted octanol–water partition coefficient (Wildman–Crippen LogP) is 3.76. The van der Waals surface area contributed by atoms with Crippen molar-refractivity contribution in [3.8, 4) is 5.75 Å². The van der Waals surface area contributed by atoms with E-state index in [0.717, 1.165) is 12.1 Å². The molecule has 0 aromatic heterocycles. The summed E-state index contributed by atoms with van der Waals surface area (Å²) in [6.07, 6.45) is 1.32. The van der Waals surface area contributed by atoms with Crippen LogP contribution in [-0.2, 0) is 10.0 Å². The maximum Gasteiger partial charge on any atom is 0.270 e. The number of nitro groups is 2. The van der Waals surface area contributed by atoms with E-state index < -0.39 is 30.5 Å². The fourth-order valence-corrected chi connectivity index (χ4v) is 3.90. The number of hydrazone groups is 1. The summed E-state index contributed by atoms with van der Waals surface area (Å²) in [6, 6.07) is 14.8. The molecule has 0 aliphatic carbocycles. The Morgan fingerprint density at radius 1 is 0.909 bits per heavy atom. The maximum atomic E-state index is 13.0. The third-order valence-corrected chi connectivity index (χ3v) is 5.73. The third-order valence-electron chi connectivity index (χ3n) is 4.31. The number of benzene rings is 3. The molecular weight excluding hydrogens is 454 g/mol. The topological polar surface area (TPSA) is 166 Å². The van der Waals surface area contributed by atoms with Crippen molar-refractivity contribution < 1.29 is 23.0 Å². The van der Waals surface area contributed by atoms with Crippen LogP contribution < -0.4 is 14.9 Å². The molecule has 12 nitrogen and oxygen atoms in total. The zero-order chi connectivity index (χ0) is 24.0. The fraction of sp³-hybridized carbons (Fsp3) is 0.0500. The zero-order valence-electron chi connectivity index (χ0n) is 17.0. The van der Waals surface area contributed by atoms with Crippen LogP contribution in [0.2, 0.25) is 0 Å². The zero-order valence-corrected chi connectivity index (χ0v) is 17.9. The van der Waals surface area contributed by atoms with Gasteiger partial charge in [-0.15, -0.1) is 0 Å². The van der Waals surface area contributed by atoms with Crippen molar-refractivity contribution in [2.75, 3.05) is 17.3 Å². The molecule has 3 rings (SSSR count). The van der Waals surface area contributed by atoms with Gasteiger partial charge >= 0.3 is 0 Å². The van der Waals surface area contributed by atoms with Crippen LogP contribution in [0.15, 0.2) is 76.7 Å². The van der Waals surface area contributed by atoms with Gasteiger partial charge in [0.1, 0.15) is 10.6 Å². The van der Waals surface area contributed by atoms with E-state index in [0.29, 0.717) is 11.3 Å². The number of hydrogen-bond acceptors (Lipinski definition) is 9. The van der Waals surface area contributed by atoms with Gasteiger partial charge in [0.05, 0.1) is 28.9 Å². The highest BCUT2D eigenvalue weighted by Gasteiger charge is 2.22. The van der Waals surface area contributed by atoms with Crippen LogP contribution >= 0.6 is 0 Å². The summed E-state index contributed by atoms with van der Waals surface area (Å²) in [5.41, 5.74) is 2.76. The van der Waals surface area contributed by atoms with Crippen molar-refractivity contribution >= 4 is 39.0 Å². The van der Waals surface area contributed by atoms with Crippen molar-refractivity contribution in [2.24, 2.45) is 5.10 Å². The first kappa shape index (κ1) is 23.1. The molecule has 0 bridgehead atoms. The third kappa shape index (κ3) is 5.80. The van der Waals surface area contributed by atoms with Gasteiger partial charge in [-0.2, -0.15) is 5.10 Å². The molecular formula is C20H17N5O7S. The normalized spacial score (nSPS) is 11.2. The van der Waals surface area contributed by atoms with E-state index in [-0.39, 0.29) is 17.1 Å². The van der Waals surface area contributed by atoms with Crippen molar-refractivity contribution in [1.29, 1.82) is 0 Å². The summed E-state index contributed by atoms with van der Waals surface area (Å²) >= 11 is 0. The Morgan fingerprint density at radius 2 is 1.52 bits per heavy atom. The minimum Gasteiger partial charge on any atom is -0.497 e. The number of nitrogens with one attached hydrogen (secondary N) is 2. The average Bonchev–Trinajstić information content (AvgIpc) is 2.79. The van der Waals surface area contributed by atoms with E-state index in [1.54, 1.807) is 12.1 Å². The van der Waals surface area contributed by atoms with Crippen LogP contribution in [0.3, 0.4) is 0 Å². The van der Waals surface area contributed by atoms with Crippen molar-refractivity contribution in [1.82, 2.24) is 0 Å². The molecule has 13 heteroatoms. The van der Waals surface area contributed by atoms with Crippen molar-refractivity contribution in [3.05, 3.63) is 92.5 Å². The lowest BCUT2D eigenvalue weighted by Crippen LogP contribution is -2.15. The van der Waals surface area contributed by atoms with Gasteiger partial charge in [0.25, 0.3) is 21.4 Å². The van der Waals surface area contributed by atoms with E-state index in [1.807, 2.05) is 0 Å². The Balaban J connectivity index is 1.88. The maximum absolute atomic E-state index is 13.0. The molecule has 33 heavy (non-hydrogen) atoms. The van der Waals surface area contributed by atoms with Gasteiger partial charge in [-0.05, 0) is 48.0 Å². The number of methoxy groups -OCH3 is 1. The number of hydrogen-bond donors (Lipinski definition) is 2. The second kappa shape index (κ2) is 9.74. The van der Waals surface area contributed by atoms with Gasteiger partial charge in [-0.25, -0.2) is 8.42 Å².